The lowest BCUT2D eigenvalue weighted by Crippen LogP contribution is -2.32. The maximum absolute atomic E-state index is 12.8. The zero-order chi connectivity index (χ0) is 22.7. The number of hydrogen-bond acceptors (Lipinski definition) is 7. The molecule has 5 N–H and O–H groups in total. The minimum atomic E-state index is -0.765. The number of nitrogen functional groups attached to an aromatic ring is 1. The lowest BCUT2D eigenvalue weighted by molar-refractivity contribution is 0.171. The largest absolute Gasteiger partial charge is 0.486 e. The van der Waals surface area contributed by atoms with Gasteiger partial charge >= 0.3 is 11.4 Å². The quantitative estimate of drug-likeness (QED) is 0.331. The van der Waals surface area contributed by atoms with Crippen LogP contribution >= 0.6 is 0 Å². The first-order chi connectivity index (χ1) is 15.3. The molecule has 1 aromatic carbocycles. The highest BCUT2D eigenvalue weighted by Crippen LogP contribution is 2.40. The van der Waals surface area contributed by atoms with Gasteiger partial charge in [0.15, 0.2) is 11.5 Å². The van der Waals surface area contributed by atoms with Crippen molar-refractivity contribution >= 4 is 16.9 Å². The van der Waals surface area contributed by atoms with Gasteiger partial charge in [0.05, 0.1) is 16.6 Å². The molecule has 12 nitrogen and oxygen atoms in total. The SMILES string of the molecule is Cn1c(N)c(-c2c(-c3ccc4c(c3)OCCO4)[nH]c3c2c(=O)[nH]c(=O)n3C)c(=O)[nH]c1=O. The third-order valence-electron chi connectivity index (χ3n) is 5.52. The zero-order valence-corrected chi connectivity index (χ0v) is 17.1. The molecule has 0 saturated heterocycles. The van der Waals surface area contributed by atoms with E-state index in [2.05, 4.69) is 15.0 Å². The summed E-state index contributed by atoms with van der Waals surface area (Å²) in [6, 6.07) is 5.12. The first kappa shape index (κ1) is 19.5. The fourth-order valence-corrected chi connectivity index (χ4v) is 3.85. The molecule has 0 bridgehead atoms. The van der Waals surface area contributed by atoms with Crippen molar-refractivity contribution in [2.45, 2.75) is 0 Å². The lowest BCUT2D eigenvalue weighted by Gasteiger charge is -2.19. The Balaban J connectivity index is 1.95. The van der Waals surface area contributed by atoms with E-state index < -0.39 is 22.5 Å². The summed E-state index contributed by atoms with van der Waals surface area (Å²) < 4.78 is 13.5. The third kappa shape index (κ3) is 2.69. The highest BCUT2D eigenvalue weighted by Gasteiger charge is 2.26. The van der Waals surface area contributed by atoms with Crippen molar-refractivity contribution in [1.29, 1.82) is 0 Å². The molecule has 32 heavy (non-hydrogen) atoms. The Morgan fingerprint density at radius 2 is 1.50 bits per heavy atom. The normalized spacial score (nSPS) is 12.9. The number of aryl methyl sites for hydroxylation is 1. The molecule has 0 amide bonds. The summed E-state index contributed by atoms with van der Waals surface area (Å²) in [7, 11) is 2.87. The van der Waals surface area contributed by atoms with Crippen LogP contribution in [0.3, 0.4) is 0 Å². The van der Waals surface area contributed by atoms with Gasteiger partial charge in [-0.15, -0.1) is 0 Å². The Kier molecular flexibility index (Phi) is 4.12. The van der Waals surface area contributed by atoms with Crippen molar-refractivity contribution in [2.24, 2.45) is 14.1 Å². The number of aromatic amines is 3. The van der Waals surface area contributed by atoms with Crippen molar-refractivity contribution < 1.29 is 9.47 Å². The standard InChI is InChI=1S/C20H18N6O6/c1-25-15(21)12(17(27)23-19(25)29)11-13-16(26(2)20(30)24-18(13)28)22-14(11)8-3-4-9-10(7-8)32-6-5-31-9/h3-4,7,22H,5-6,21H2,1-2H3,(H,23,27,29)(H,24,28,30). The Labute approximate surface area is 177 Å². The molecule has 0 radical (unpaired) electrons. The molecule has 3 aromatic heterocycles. The summed E-state index contributed by atoms with van der Waals surface area (Å²) in [5.74, 6) is 0.914. The van der Waals surface area contributed by atoms with Crippen molar-refractivity contribution in [2.75, 3.05) is 18.9 Å². The van der Waals surface area contributed by atoms with E-state index in [-0.39, 0.29) is 28.0 Å². The van der Waals surface area contributed by atoms with Crippen molar-refractivity contribution in [1.82, 2.24) is 24.1 Å². The maximum atomic E-state index is 12.8. The monoisotopic (exact) mass is 438 g/mol. The summed E-state index contributed by atoms with van der Waals surface area (Å²) in [5, 5.41) is 0.0489. The number of nitrogens with zero attached hydrogens (tertiary/aromatic N) is 2. The highest BCUT2D eigenvalue weighted by atomic mass is 16.6. The van der Waals surface area contributed by atoms with Crippen LogP contribution in [0.4, 0.5) is 5.82 Å². The maximum Gasteiger partial charge on any atom is 0.329 e. The van der Waals surface area contributed by atoms with Crippen LogP contribution in [-0.4, -0.2) is 37.3 Å². The highest BCUT2D eigenvalue weighted by molar-refractivity contribution is 6.04. The first-order valence-electron chi connectivity index (χ1n) is 9.62. The van der Waals surface area contributed by atoms with Gasteiger partial charge in [-0.05, 0) is 18.2 Å². The fraction of sp³-hybridized carbons (Fsp3) is 0.200. The molecule has 0 spiro atoms. The Morgan fingerprint density at radius 3 is 2.25 bits per heavy atom. The van der Waals surface area contributed by atoms with Crippen LogP contribution in [0.1, 0.15) is 0 Å². The van der Waals surface area contributed by atoms with Gasteiger partial charge in [-0.25, -0.2) is 9.59 Å². The zero-order valence-electron chi connectivity index (χ0n) is 17.1. The molecule has 4 aromatic rings. The summed E-state index contributed by atoms with van der Waals surface area (Å²) >= 11 is 0. The van der Waals surface area contributed by atoms with E-state index in [1.165, 1.54) is 18.7 Å². The summed E-state index contributed by atoms with van der Waals surface area (Å²) in [4.78, 5) is 57.4. The molecule has 4 heterocycles. The van der Waals surface area contributed by atoms with Crippen LogP contribution < -0.4 is 37.7 Å². The number of fused-ring (bicyclic) bond motifs is 2. The van der Waals surface area contributed by atoms with Gasteiger partial charge in [-0.2, -0.15) is 0 Å². The number of nitrogens with two attached hydrogens (primary N) is 1. The van der Waals surface area contributed by atoms with E-state index in [0.29, 0.717) is 36.0 Å². The van der Waals surface area contributed by atoms with E-state index in [9.17, 15) is 19.2 Å². The molecule has 12 heteroatoms. The summed E-state index contributed by atoms with van der Waals surface area (Å²) in [6.45, 7) is 0.795. The number of nitrogens with one attached hydrogen (secondary N) is 3. The van der Waals surface area contributed by atoms with Gasteiger partial charge in [-0.3, -0.25) is 28.7 Å². The van der Waals surface area contributed by atoms with Gasteiger partial charge in [0.1, 0.15) is 24.7 Å². The molecule has 0 atom stereocenters. The fourth-order valence-electron chi connectivity index (χ4n) is 3.85. The van der Waals surface area contributed by atoms with Crippen LogP contribution in [0.5, 0.6) is 11.5 Å². The lowest BCUT2D eigenvalue weighted by atomic mass is 10.00. The molecular formula is C20H18N6O6. The first-order valence-corrected chi connectivity index (χ1v) is 9.62. The number of benzene rings is 1. The molecule has 5 rings (SSSR count). The Bertz CT molecular complexity index is 1650. The molecule has 0 saturated carbocycles. The van der Waals surface area contributed by atoms with Crippen LogP contribution in [0.2, 0.25) is 0 Å². The van der Waals surface area contributed by atoms with E-state index in [1.54, 1.807) is 18.2 Å². The van der Waals surface area contributed by atoms with Gasteiger partial charge in [0, 0.05) is 25.2 Å². The Morgan fingerprint density at radius 1 is 0.844 bits per heavy atom. The van der Waals surface area contributed by atoms with E-state index in [0.717, 1.165) is 4.57 Å². The number of anilines is 1. The smallest absolute Gasteiger partial charge is 0.329 e. The number of aromatic nitrogens is 5. The number of H-pyrrole nitrogens is 3. The summed E-state index contributed by atoms with van der Waals surface area (Å²) in [5.41, 5.74) is 4.52. The second-order valence-electron chi connectivity index (χ2n) is 7.35. The minimum Gasteiger partial charge on any atom is -0.486 e. The Hall–Kier alpha value is -4.48. The number of hydrogen-bond donors (Lipinski definition) is 4. The molecular weight excluding hydrogens is 420 g/mol. The van der Waals surface area contributed by atoms with E-state index in [4.69, 9.17) is 15.2 Å². The number of rotatable bonds is 2. The van der Waals surface area contributed by atoms with Gasteiger partial charge in [0.2, 0.25) is 0 Å². The van der Waals surface area contributed by atoms with Crippen molar-refractivity contribution in [3.05, 3.63) is 59.9 Å². The van der Waals surface area contributed by atoms with Crippen LogP contribution in [-0.2, 0) is 14.1 Å². The predicted octanol–water partition coefficient (Wildman–Crippen LogP) is -0.371. The van der Waals surface area contributed by atoms with Crippen molar-refractivity contribution in [3.63, 3.8) is 0 Å². The second kappa shape index (κ2) is 6.77. The second-order valence-corrected chi connectivity index (χ2v) is 7.35. The topological polar surface area (TPSA) is 170 Å². The third-order valence-corrected chi connectivity index (χ3v) is 5.52. The minimum absolute atomic E-state index is 0.0489. The molecule has 1 aliphatic heterocycles. The molecule has 0 aliphatic carbocycles. The molecule has 0 fully saturated rings. The van der Waals surface area contributed by atoms with Crippen LogP contribution in [0, 0.1) is 0 Å². The average molecular weight is 438 g/mol. The predicted molar refractivity (Wildman–Crippen MR) is 116 cm³/mol. The van der Waals surface area contributed by atoms with Crippen LogP contribution in [0.25, 0.3) is 33.4 Å². The average Bonchev–Trinajstić information content (AvgIpc) is 3.16. The van der Waals surface area contributed by atoms with E-state index >= 15 is 0 Å². The molecule has 1 aliphatic rings. The molecule has 0 unspecified atom stereocenters. The molecule has 164 valence electrons. The van der Waals surface area contributed by atoms with Gasteiger partial charge < -0.3 is 20.2 Å². The van der Waals surface area contributed by atoms with Gasteiger partial charge in [0.25, 0.3) is 11.1 Å². The van der Waals surface area contributed by atoms with Gasteiger partial charge in [-0.1, -0.05) is 0 Å². The summed E-state index contributed by atoms with van der Waals surface area (Å²) in [6.07, 6.45) is 0. The number of ether oxygens (including phenoxy) is 2. The van der Waals surface area contributed by atoms with E-state index in [1.807, 2.05) is 0 Å². The van der Waals surface area contributed by atoms with Crippen LogP contribution in [0.15, 0.2) is 37.4 Å². The van der Waals surface area contributed by atoms with Crippen molar-refractivity contribution in [3.8, 4) is 33.9 Å².